The van der Waals surface area contributed by atoms with Gasteiger partial charge in [0.15, 0.2) is 11.6 Å². The number of carbonyl (C=O) groups excluding carboxylic acids is 2. The van der Waals surface area contributed by atoms with E-state index in [1.807, 2.05) is 42.5 Å². The molecular weight excluding hydrogens is 396 g/mol. The lowest BCUT2D eigenvalue weighted by Gasteiger charge is -2.42. The van der Waals surface area contributed by atoms with Gasteiger partial charge < -0.3 is 0 Å². The molecule has 3 atom stereocenters. The molecule has 1 aliphatic carbocycles. The summed E-state index contributed by atoms with van der Waals surface area (Å²) in [4.78, 5) is 27.4. The summed E-state index contributed by atoms with van der Waals surface area (Å²) in [5.41, 5.74) is 0.530. The van der Waals surface area contributed by atoms with Crippen LogP contribution in [0.15, 0.2) is 91.0 Å². The number of benzene rings is 3. The molecule has 4 nitrogen and oxygen atoms in total. The minimum absolute atomic E-state index is 0.103. The average Bonchev–Trinajstić information content (AvgIpc) is 2.88. The number of ketones is 2. The van der Waals surface area contributed by atoms with Gasteiger partial charge in [0.2, 0.25) is 0 Å². The zero-order valence-corrected chi connectivity index (χ0v) is 17.5. The molecule has 4 heteroatoms. The van der Waals surface area contributed by atoms with Crippen molar-refractivity contribution in [3.63, 3.8) is 0 Å². The summed E-state index contributed by atoms with van der Waals surface area (Å²) in [7, 11) is 0. The lowest BCUT2D eigenvalue weighted by Crippen LogP contribution is -2.43. The topological polar surface area (TPSA) is 81.7 Å². The predicted octanol–water partition coefficient (Wildman–Crippen LogP) is 5.60. The first kappa shape index (κ1) is 21.2. The van der Waals surface area contributed by atoms with Crippen molar-refractivity contribution < 1.29 is 9.59 Å². The van der Waals surface area contributed by atoms with Gasteiger partial charge in [-0.05, 0) is 18.4 Å². The zero-order chi connectivity index (χ0) is 22.6. The predicted molar refractivity (Wildman–Crippen MR) is 121 cm³/mol. The summed E-state index contributed by atoms with van der Waals surface area (Å²) in [5.74, 6) is -2.03. The van der Waals surface area contributed by atoms with Crippen molar-refractivity contribution in [1.82, 2.24) is 0 Å². The van der Waals surface area contributed by atoms with Gasteiger partial charge in [-0.15, -0.1) is 0 Å². The van der Waals surface area contributed by atoms with E-state index >= 15 is 0 Å². The molecular formula is C28H22N2O2. The second-order valence-electron chi connectivity index (χ2n) is 8.32. The molecule has 3 aromatic carbocycles. The Morgan fingerprint density at radius 1 is 0.656 bits per heavy atom. The number of nitriles is 2. The number of Topliss-reactive ketones (excluding diaryl/α,β-unsaturated/α-hetero) is 2. The van der Waals surface area contributed by atoms with Crippen LogP contribution in [0.3, 0.4) is 0 Å². The number of carbonyl (C=O) groups is 2. The van der Waals surface area contributed by atoms with Crippen LogP contribution in [0.2, 0.25) is 0 Å². The van der Waals surface area contributed by atoms with Crippen LogP contribution in [0.25, 0.3) is 0 Å². The fourth-order valence-corrected chi connectivity index (χ4v) is 4.86. The van der Waals surface area contributed by atoms with Crippen molar-refractivity contribution >= 4 is 11.6 Å². The van der Waals surface area contributed by atoms with Gasteiger partial charge in [-0.1, -0.05) is 91.0 Å². The van der Waals surface area contributed by atoms with Gasteiger partial charge in [0.1, 0.15) is 5.41 Å². The highest BCUT2D eigenvalue weighted by atomic mass is 16.1. The number of hydrogen-bond acceptors (Lipinski definition) is 4. The van der Waals surface area contributed by atoms with E-state index in [2.05, 4.69) is 12.1 Å². The molecule has 0 aromatic heterocycles. The lowest BCUT2D eigenvalue weighted by molar-refractivity contribution is 0.0658. The first-order valence-corrected chi connectivity index (χ1v) is 10.6. The SMILES string of the molecule is N#CC1(C#N)C[C@H](C(=O)c2ccccc2)C(c2ccccc2)[C@H](C(=O)c2ccccc2)C1. The Labute approximate surface area is 187 Å². The quantitative estimate of drug-likeness (QED) is 0.505. The normalized spacial score (nSPS) is 21.6. The molecule has 0 spiro atoms. The highest BCUT2D eigenvalue weighted by molar-refractivity contribution is 6.02. The van der Waals surface area contributed by atoms with Gasteiger partial charge in [0.05, 0.1) is 12.1 Å². The maximum absolute atomic E-state index is 13.7. The Morgan fingerprint density at radius 2 is 1.03 bits per heavy atom. The number of hydrogen-bond donors (Lipinski definition) is 0. The van der Waals surface area contributed by atoms with Crippen LogP contribution in [0.4, 0.5) is 0 Å². The summed E-state index contributed by atoms with van der Waals surface area (Å²) in [6.45, 7) is 0. The maximum Gasteiger partial charge on any atom is 0.166 e. The maximum atomic E-state index is 13.7. The molecule has 1 fully saturated rings. The van der Waals surface area contributed by atoms with E-state index in [-0.39, 0.29) is 24.4 Å². The molecule has 156 valence electrons. The smallest absolute Gasteiger partial charge is 0.166 e. The van der Waals surface area contributed by atoms with Gasteiger partial charge in [-0.3, -0.25) is 9.59 Å². The first-order chi connectivity index (χ1) is 15.6. The molecule has 1 aliphatic rings. The Bertz CT molecular complexity index is 1110. The Morgan fingerprint density at radius 3 is 1.41 bits per heavy atom. The fourth-order valence-electron chi connectivity index (χ4n) is 4.86. The third-order valence-electron chi connectivity index (χ3n) is 6.41. The fraction of sp³-hybridized carbons (Fsp3) is 0.214. The van der Waals surface area contributed by atoms with E-state index in [9.17, 15) is 20.1 Å². The molecule has 0 N–H and O–H groups in total. The van der Waals surface area contributed by atoms with E-state index < -0.39 is 23.2 Å². The third-order valence-corrected chi connectivity index (χ3v) is 6.41. The van der Waals surface area contributed by atoms with Crippen molar-refractivity contribution in [2.24, 2.45) is 17.3 Å². The zero-order valence-electron chi connectivity index (χ0n) is 17.5. The second-order valence-corrected chi connectivity index (χ2v) is 8.32. The molecule has 32 heavy (non-hydrogen) atoms. The molecule has 1 saturated carbocycles. The van der Waals surface area contributed by atoms with Gasteiger partial charge in [-0.2, -0.15) is 10.5 Å². The minimum Gasteiger partial charge on any atom is -0.294 e. The van der Waals surface area contributed by atoms with Gasteiger partial charge in [-0.25, -0.2) is 0 Å². The van der Waals surface area contributed by atoms with Crippen molar-refractivity contribution in [1.29, 1.82) is 10.5 Å². The second kappa shape index (κ2) is 9.00. The first-order valence-electron chi connectivity index (χ1n) is 10.6. The Kier molecular flexibility index (Phi) is 5.97. The van der Waals surface area contributed by atoms with Crippen molar-refractivity contribution in [2.75, 3.05) is 0 Å². The molecule has 0 heterocycles. The summed E-state index contributed by atoms with van der Waals surface area (Å²) in [5, 5.41) is 19.9. The molecule has 3 aromatic rings. The Balaban J connectivity index is 1.87. The van der Waals surface area contributed by atoms with Crippen LogP contribution < -0.4 is 0 Å². The summed E-state index contributed by atoms with van der Waals surface area (Å²) >= 11 is 0. The largest absolute Gasteiger partial charge is 0.294 e. The van der Waals surface area contributed by atoms with Crippen molar-refractivity contribution in [3.8, 4) is 12.1 Å². The van der Waals surface area contributed by atoms with E-state index in [0.29, 0.717) is 11.1 Å². The van der Waals surface area contributed by atoms with Crippen LogP contribution in [-0.4, -0.2) is 11.6 Å². The number of rotatable bonds is 5. The molecule has 0 bridgehead atoms. The van der Waals surface area contributed by atoms with E-state index in [1.54, 1.807) is 48.5 Å². The summed E-state index contributed by atoms with van der Waals surface area (Å²) < 4.78 is 0. The van der Waals surface area contributed by atoms with Gasteiger partial charge in [0, 0.05) is 28.9 Å². The van der Waals surface area contributed by atoms with E-state index in [4.69, 9.17) is 0 Å². The van der Waals surface area contributed by atoms with Crippen molar-refractivity contribution in [3.05, 3.63) is 108 Å². The van der Waals surface area contributed by atoms with Crippen LogP contribution >= 0.6 is 0 Å². The molecule has 1 unspecified atom stereocenters. The average molecular weight is 418 g/mol. The highest BCUT2D eigenvalue weighted by Crippen LogP contribution is 2.51. The molecule has 0 aliphatic heterocycles. The lowest BCUT2D eigenvalue weighted by atomic mass is 9.57. The van der Waals surface area contributed by atoms with Crippen LogP contribution in [0.1, 0.15) is 45.0 Å². The summed E-state index contributed by atoms with van der Waals surface area (Å²) in [6, 6.07) is 31.6. The number of nitrogens with zero attached hydrogens (tertiary/aromatic N) is 2. The van der Waals surface area contributed by atoms with Crippen LogP contribution in [-0.2, 0) is 0 Å². The Hall–Kier alpha value is -4.02. The minimum atomic E-state index is -1.39. The standard InChI is InChI=1S/C28H22N2O2/c29-18-28(19-30)16-23(26(31)21-12-6-2-7-13-21)25(20-10-4-1-5-11-20)24(17-28)27(32)22-14-8-3-9-15-22/h1-15,23-25H,16-17H2/t23-,24+,25?. The van der Waals surface area contributed by atoms with Gasteiger partial charge in [0.25, 0.3) is 0 Å². The van der Waals surface area contributed by atoms with E-state index in [0.717, 1.165) is 5.56 Å². The molecule has 0 saturated heterocycles. The van der Waals surface area contributed by atoms with Crippen molar-refractivity contribution in [2.45, 2.75) is 18.8 Å². The van der Waals surface area contributed by atoms with Crippen LogP contribution in [0.5, 0.6) is 0 Å². The molecule has 4 rings (SSSR count). The summed E-state index contributed by atoms with van der Waals surface area (Å²) in [6.07, 6.45) is 0.206. The highest BCUT2D eigenvalue weighted by Gasteiger charge is 2.52. The van der Waals surface area contributed by atoms with Crippen LogP contribution in [0, 0.1) is 39.9 Å². The van der Waals surface area contributed by atoms with Gasteiger partial charge >= 0.3 is 0 Å². The monoisotopic (exact) mass is 418 g/mol. The molecule has 0 amide bonds. The third kappa shape index (κ3) is 3.96. The molecule has 0 radical (unpaired) electrons. The van der Waals surface area contributed by atoms with E-state index in [1.165, 1.54) is 0 Å².